The average Bonchev–Trinajstić information content (AvgIpc) is 3.04. The summed E-state index contributed by atoms with van der Waals surface area (Å²) in [5, 5.41) is 9.65. The number of carbonyl (C=O) groups excluding carboxylic acids is 2. The van der Waals surface area contributed by atoms with Gasteiger partial charge in [0.2, 0.25) is 5.82 Å². The lowest BCUT2D eigenvalue weighted by Crippen LogP contribution is -2.15. The maximum absolute atomic E-state index is 12.1. The Morgan fingerprint density at radius 2 is 2.10 bits per heavy atom. The van der Waals surface area contributed by atoms with Crippen LogP contribution in [0.5, 0.6) is 0 Å². The first-order chi connectivity index (χ1) is 9.97. The van der Waals surface area contributed by atoms with Gasteiger partial charge in [-0.3, -0.25) is 9.89 Å². The molecule has 8 heteroatoms. The monoisotopic (exact) mass is 308 g/mol. The first-order valence-electron chi connectivity index (χ1n) is 6.38. The van der Waals surface area contributed by atoms with Crippen molar-refractivity contribution in [2.45, 2.75) is 27.2 Å². The predicted octanol–water partition coefficient (Wildman–Crippen LogP) is 2.08. The van der Waals surface area contributed by atoms with Gasteiger partial charge in [0.15, 0.2) is 0 Å². The van der Waals surface area contributed by atoms with E-state index < -0.39 is 11.9 Å². The molecule has 0 saturated carbocycles. The number of aryl methyl sites for hydroxylation is 2. The number of hydrogen-bond donors (Lipinski definition) is 2. The van der Waals surface area contributed by atoms with Crippen LogP contribution in [-0.2, 0) is 11.2 Å². The second-order valence-electron chi connectivity index (χ2n) is 4.39. The highest BCUT2D eigenvalue weighted by Gasteiger charge is 2.23. The highest BCUT2D eigenvalue weighted by molar-refractivity contribution is 7.16. The van der Waals surface area contributed by atoms with Crippen LogP contribution < -0.4 is 5.32 Å². The molecule has 112 valence electrons. The van der Waals surface area contributed by atoms with Crippen molar-refractivity contribution in [2.75, 3.05) is 12.4 Å². The average molecular weight is 308 g/mol. The minimum absolute atomic E-state index is 0.0476. The van der Waals surface area contributed by atoms with Crippen molar-refractivity contribution in [3.8, 4) is 0 Å². The lowest BCUT2D eigenvalue weighted by molar-refractivity contribution is 0.0601. The van der Waals surface area contributed by atoms with E-state index in [1.165, 1.54) is 18.4 Å². The highest BCUT2D eigenvalue weighted by Crippen LogP contribution is 2.33. The molecular formula is C13H16N4O3S. The molecule has 2 aromatic rings. The maximum Gasteiger partial charge on any atom is 0.341 e. The van der Waals surface area contributed by atoms with Crippen LogP contribution in [0.4, 0.5) is 5.00 Å². The number of carbonyl (C=O) groups is 2. The van der Waals surface area contributed by atoms with Crippen LogP contribution in [0.3, 0.4) is 0 Å². The number of thiophene rings is 1. The first-order valence-corrected chi connectivity index (χ1v) is 7.20. The van der Waals surface area contributed by atoms with Crippen LogP contribution in [0.25, 0.3) is 0 Å². The predicted molar refractivity (Wildman–Crippen MR) is 78.8 cm³/mol. The molecule has 0 fully saturated rings. The van der Waals surface area contributed by atoms with Crippen LogP contribution in [0, 0.1) is 13.8 Å². The molecule has 2 N–H and O–H groups in total. The van der Waals surface area contributed by atoms with Gasteiger partial charge in [-0.2, -0.15) is 0 Å². The van der Waals surface area contributed by atoms with Crippen LogP contribution in [0.15, 0.2) is 0 Å². The topological polar surface area (TPSA) is 97.0 Å². The van der Waals surface area contributed by atoms with E-state index in [-0.39, 0.29) is 5.82 Å². The SMILES string of the molecule is CCc1nc(C(=O)Nc2sc(C)c(C)c2C(=O)OC)n[nH]1. The number of aromatic nitrogens is 3. The number of rotatable bonds is 4. The highest BCUT2D eigenvalue weighted by atomic mass is 32.1. The van der Waals surface area contributed by atoms with Gasteiger partial charge >= 0.3 is 5.97 Å². The van der Waals surface area contributed by atoms with E-state index in [4.69, 9.17) is 4.74 Å². The summed E-state index contributed by atoms with van der Waals surface area (Å²) >= 11 is 1.32. The number of amides is 1. The molecule has 0 unspecified atom stereocenters. The van der Waals surface area contributed by atoms with Crippen LogP contribution in [0.1, 0.15) is 44.2 Å². The van der Waals surface area contributed by atoms with Crippen molar-refractivity contribution < 1.29 is 14.3 Å². The normalized spacial score (nSPS) is 10.5. The molecule has 7 nitrogen and oxygen atoms in total. The van der Waals surface area contributed by atoms with Gasteiger partial charge in [0.25, 0.3) is 5.91 Å². The van der Waals surface area contributed by atoms with E-state index in [9.17, 15) is 9.59 Å². The molecule has 0 aliphatic rings. The zero-order chi connectivity index (χ0) is 15.6. The Hall–Kier alpha value is -2.22. The third-order valence-electron chi connectivity index (χ3n) is 3.07. The van der Waals surface area contributed by atoms with Gasteiger partial charge in [0.05, 0.1) is 12.7 Å². The number of anilines is 1. The van der Waals surface area contributed by atoms with Gasteiger partial charge in [-0.15, -0.1) is 16.4 Å². The zero-order valence-electron chi connectivity index (χ0n) is 12.2. The van der Waals surface area contributed by atoms with E-state index in [2.05, 4.69) is 20.5 Å². The number of methoxy groups -OCH3 is 1. The van der Waals surface area contributed by atoms with Crippen LogP contribution in [-0.4, -0.2) is 34.2 Å². The number of ether oxygens (including phenoxy) is 1. The fourth-order valence-electron chi connectivity index (χ4n) is 1.78. The summed E-state index contributed by atoms with van der Waals surface area (Å²) in [5.74, 6) is -0.257. The number of nitrogens with zero attached hydrogens (tertiary/aromatic N) is 2. The molecule has 0 atom stereocenters. The van der Waals surface area contributed by atoms with Gasteiger partial charge in [-0.1, -0.05) is 6.92 Å². The molecule has 0 radical (unpaired) electrons. The van der Waals surface area contributed by atoms with E-state index in [1.807, 2.05) is 20.8 Å². The van der Waals surface area contributed by atoms with Crippen molar-refractivity contribution in [3.05, 3.63) is 27.7 Å². The molecule has 21 heavy (non-hydrogen) atoms. The van der Waals surface area contributed by atoms with E-state index in [0.29, 0.717) is 22.8 Å². The lowest BCUT2D eigenvalue weighted by Gasteiger charge is -2.04. The van der Waals surface area contributed by atoms with Crippen molar-refractivity contribution in [1.82, 2.24) is 15.2 Å². The third-order valence-corrected chi connectivity index (χ3v) is 4.19. The summed E-state index contributed by atoms with van der Waals surface area (Å²) < 4.78 is 4.76. The summed E-state index contributed by atoms with van der Waals surface area (Å²) in [4.78, 5) is 29.0. The first kappa shape index (κ1) is 15.2. The molecule has 0 aromatic carbocycles. The second kappa shape index (κ2) is 6.04. The number of hydrogen-bond acceptors (Lipinski definition) is 6. The number of esters is 1. The Balaban J connectivity index is 2.29. The minimum atomic E-state index is -0.476. The summed E-state index contributed by atoms with van der Waals surface area (Å²) in [6.07, 6.45) is 0.658. The van der Waals surface area contributed by atoms with Gasteiger partial charge < -0.3 is 10.1 Å². The summed E-state index contributed by atoms with van der Waals surface area (Å²) in [6.45, 7) is 5.60. The van der Waals surface area contributed by atoms with Gasteiger partial charge in [-0.25, -0.2) is 9.78 Å². The standard InChI is InChI=1S/C13H16N4O3S/c1-5-8-14-10(17-16-8)11(18)15-12-9(13(19)20-4)6(2)7(3)21-12/h5H2,1-4H3,(H,15,18)(H,14,16,17). The number of aromatic amines is 1. The van der Waals surface area contributed by atoms with E-state index >= 15 is 0 Å². The molecule has 0 saturated heterocycles. The lowest BCUT2D eigenvalue weighted by atomic mass is 10.1. The molecule has 0 bridgehead atoms. The summed E-state index contributed by atoms with van der Waals surface area (Å²) in [5.41, 5.74) is 1.17. The Morgan fingerprint density at radius 3 is 2.67 bits per heavy atom. The Morgan fingerprint density at radius 1 is 1.38 bits per heavy atom. The van der Waals surface area contributed by atoms with Crippen molar-refractivity contribution >= 4 is 28.2 Å². The van der Waals surface area contributed by atoms with Gasteiger partial charge in [0.1, 0.15) is 10.8 Å². The summed E-state index contributed by atoms with van der Waals surface area (Å²) in [7, 11) is 1.31. The van der Waals surface area contributed by atoms with Crippen molar-refractivity contribution in [1.29, 1.82) is 0 Å². The molecular weight excluding hydrogens is 292 g/mol. The molecule has 2 heterocycles. The Bertz CT molecular complexity index is 690. The molecule has 0 spiro atoms. The van der Waals surface area contributed by atoms with Crippen LogP contribution in [0.2, 0.25) is 0 Å². The molecule has 1 amide bonds. The molecule has 0 aliphatic carbocycles. The zero-order valence-corrected chi connectivity index (χ0v) is 13.1. The van der Waals surface area contributed by atoms with Crippen LogP contribution >= 0.6 is 11.3 Å². The fourth-order valence-corrected chi connectivity index (χ4v) is 2.82. The maximum atomic E-state index is 12.1. The summed E-state index contributed by atoms with van der Waals surface area (Å²) in [6, 6.07) is 0. The smallest absolute Gasteiger partial charge is 0.341 e. The molecule has 2 aromatic heterocycles. The number of nitrogens with one attached hydrogen (secondary N) is 2. The quantitative estimate of drug-likeness (QED) is 0.843. The molecule has 2 rings (SSSR count). The van der Waals surface area contributed by atoms with Crippen molar-refractivity contribution in [3.63, 3.8) is 0 Å². The minimum Gasteiger partial charge on any atom is -0.465 e. The third kappa shape index (κ3) is 2.94. The van der Waals surface area contributed by atoms with Gasteiger partial charge in [0, 0.05) is 11.3 Å². The van der Waals surface area contributed by atoms with Crippen molar-refractivity contribution in [2.24, 2.45) is 0 Å². The molecule has 0 aliphatic heterocycles. The van der Waals surface area contributed by atoms with E-state index in [0.717, 1.165) is 10.4 Å². The Labute approximate surface area is 125 Å². The van der Waals surface area contributed by atoms with Gasteiger partial charge in [-0.05, 0) is 19.4 Å². The second-order valence-corrected chi connectivity index (χ2v) is 5.62. The fraction of sp³-hybridized carbons (Fsp3) is 0.385. The number of H-pyrrole nitrogens is 1. The Kier molecular flexibility index (Phi) is 4.37. The van der Waals surface area contributed by atoms with E-state index in [1.54, 1.807) is 0 Å². The largest absolute Gasteiger partial charge is 0.465 e.